The van der Waals surface area contributed by atoms with E-state index in [1.807, 2.05) is 18.2 Å². The first-order valence-electron chi connectivity index (χ1n) is 10.5. The fourth-order valence-electron chi connectivity index (χ4n) is 4.07. The molecule has 0 radical (unpaired) electrons. The molecule has 7 heteroatoms. The molecule has 0 bridgehead atoms. The molecular formula is C24H22FN3O2S. The topological polar surface area (TPSA) is 68.1 Å². The van der Waals surface area contributed by atoms with Gasteiger partial charge in [0.1, 0.15) is 17.3 Å². The first-order chi connectivity index (χ1) is 15.1. The lowest BCUT2D eigenvalue weighted by Crippen LogP contribution is -2.26. The molecule has 1 aliphatic rings. The van der Waals surface area contributed by atoms with Gasteiger partial charge in [-0.05, 0) is 43.0 Å². The van der Waals surface area contributed by atoms with Crippen LogP contribution in [0.1, 0.15) is 30.7 Å². The molecule has 1 fully saturated rings. The lowest BCUT2D eigenvalue weighted by Gasteiger charge is -2.26. The highest BCUT2D eigenvalue weighted by molar-refractivity contribution is 7.18. The van der Waals surface area contributed by atoms with E-state index in [1.165, 1.54) is 12.5 Å². The minimum atomic E-state index is -0.405. The molecular weight excluding hydrogens is 413 g/mol. The second-order valence-corrected chi connectivity index (χ2v) is 9.04. The van der Waals surface area contributed by atoms with Crippen LogP contribution in [-0.2, 0) is 6.42 Å². The highest BCUT2D eigenvalue weighted by Crippen LogP contribution is 2.33. The number of pyridine rings is 2. The lowest BCUT2D eigenvalue weighted by molar-refractivity contribution is 0.0700. The van der Waals surface area contributed by atoms with E-state index in [9.17, 15) is 9.50 Å². The summed E-state index contributed by atoms with van der Waals surface area (Å²) in [5.41, 5.74) is 2.13. The standard InChI is InChI=1S/C24H22FN3O2S/c25-17-9-16(13-26-14-17)21-11-19(7-8-27-21)30-18-5-6-20-23(12-18)31-24(28-20)10-15-3-1-2-4-22(15)29/h5-9,11-15,22,29H,1-4,10H2/t15-,22+/m0/s1. The maximum atomic E-state index is 13.5. The average molecular weight is 436 g/mol. The van der Waals surface area contributed by atoms with Crippen LogP contribution in [0.2, 0.25) is 0 Å². The van der Waals surface area contributed by atoms with E-state index in [4.69, 9.17) is 9.72 Å². The number of thiazole rings is 1. The number of rotatable bonds is 5. The molecule has 31 heavy (non-hydrogen) atoms. The van der Waals surface area contributed by atoms with E-state index in [0.29, 0.717) is 28.7 Å². The molecule has 5 nitrogen and oxygen atoms in total. The molecule has 0 saturated heterocycles. The van der Waals surface area contributed by atoms with Gasteiger partial charge in [0.25, 0.3) is 0 Å². The van der Waals surface area contributed by atoms with Gasteiger partial charge in [-0.2, -0.15) is 0 Å². The maximum Gasteiger partial charge on any atom is 0.142 e. The van der Waals surface area contributed by atoms with Crippen molar-refractivity contribution in [3.8, 4) is 22.8 Å². The summed E-state index contributed by atoms with van der Waals surface area (Å²) in [6.07, 6.45) is 9.24. The van der Waals surface area contributed by atoms with Crippen LogP contribution in [0.15, 0.2) is 55.0 Å². The van der Waals surface area contributed by atoms with Gasteiger partial charge in [0.05, 0.1) is 33.2 Å². The van der Waals surface area contributed by atoms with Gasteiger partial charge in [0, 0.05) is 36.5 Å². The molecule has 0 amide bonds. The molecule has 5 rings (SSSR count). The van der Waals surface area contributed by atoms with Crippen molar-refractivity contribution < 1.29 is 14.2 Å². The van der Waals surface area contributed by atoms with Crippen molar-refractivity contribution in [1.29, 1.82) is 0 Å². The third kappa shape index (κ3) is 4.57. The number of aromatic nitrogens is 3. The summed E-state index contributed by atoms with van der Waals surface area (Å²) in [5.74, 6) is 1.22. The van der Waals surface area contributed by atoms with Crippen LogP contribution >= 0.6 is 11.3 Å². The molecule has 1 aliphatic carbocycles. The summed E-state index contributed by atoms with van der Waals surface area (Å²) >= 11 is 1.65. The van der Waals surface area contributed by atoms with Crippen LogP contribution in [-0.4, -0.2) is 26.2 Å². The van der Waals surface area contributed by atoms with E-state index >= 15 is 0 Å². The van der Waals surface area contributed by atoms with E-state index in [2.05, 4.69) is 9.97 Å². The Morgan fingerprint density at radius 3 is 2.81 bits per heavy atom. The second kappa shape index (κ2) is 8.69. The normalized spacial score (nSPS) is 18.9. The van der Waals surface area contributed by atoms with Crippen LogP contribution < -0.4 is 4.74 Å². The van der Waals surface area contributed by atoms with Crippen LogP contribution in [0.3, 0.4) is 0 Å². The Morgan fingerprint density at radius 1 is 1.06 bits per heavy atom. The molecule has 1 saturated carbocycles. The second-order valence-electron chi connectivity index (χ2n) is 7.92. The van der Waals surface area contributed by atoms with E-state index in [1.54, 1.807) is 35.9 Å². The third-order valence-electron chi connectivity index (χ3n) is 5.68. The van der Waals surface area contributed by atoms with Gasteiger partial charge in [0.2, 0.25) is 0 Å². The van der Waals surface area contributed by atoms with Gasteiger partial charge in [-0.3, -0.25) is 9.97 Å². The average Bonchev–Trinajstić information content (AvgIpc) is 3.17. The SMILES string of the molecule is O[C@@H]1CCCC[C@H]1Cc1nc2ccc(Oc3ccnc(-c4cncc(F)c4)c3)cc2s1. The fraction of sp³-hybridized carbons (Fsp3) is 0.292. The van der Waals surface area contributed by atoms with E-state index in [-0.39, 0.29) is 6.10 Å². The summed E-state index contributed by atoms with van der Waals surface area (Å²) in [6, 6.07) is 10.8. The zero-order chi connectivity index (χ0) is 21.2. The third-order valence-corrected chi connectivity index (χ3v) is 6.72. The molecule has 0 spiro atoms. The van der Waals surface area contributed by atoms with Gasteiger partial charge in [-0.25, -0.2) is 9.37 Å². The predicted molar refractivity (Wildman–Crippen MR) is 119 cm³/mol. The van der Waals surface area contributed by atoms with Crippen molar-refractivity contribution >= 4 is 21.6 Å². The molecule has 0 unspecified atom stereocenters. The van der Waals surface area contributed by atoms with Crippen molar-refractivity contribution in [2.24, 2.45) is 5.92 Å². The molecule has 4 aromatic rings. The predicted octanol–water partition coefficient (Wildman–Crippen LogP) is 5.78. The Bertz CT molecular complexity index is 1210. The van der Waals surface area contributed by atoms with Gasteiger partial charge in [0.15, 0.2) is 0 Å². The summed E-state index contributed by atoms with van der Waals surface area (Å²) < 4.78 is 20.6. The Hall–Kier alpha value is -2.90. The molecule has 2 atom stereocenters. The van der Waals surface area contributed by atoms with Crippen LogP contribution in [0.25, 0.3) is 21.5 Å². The Kier molecular flexibility index (Phi) is 5.61. The van der Waals surface area contributed by atoms with Gasteiger partial charge in [-0.15, -0.1) is 11.3 Å². The van der Waals surface area contributed by atoms with Gasteiger partial charge >= 0.3 is 0 Å². The largest absolute Gasteiger partial charge is 0.457 e. The summed E-state index contributed by atoms with van der Waals surface area (Å²) in [4.78, 5) is 12.9. The molecule has 3 heterocycles. The zero-order valence-corrected chi connectivity index (χ0v) is 17.7. The number of fused-ring (bicyclic) bond motifs is 1. The maximum absolute atomic E-state index is 13.5. The summed E-state index contributed by atoms with van der Waals surface area (Å²) in [5, 5.41) is 11.3. The molecule has 158 valence electrons. The minimum absolute atomic E-state index is 0.214. The Morgan fingerprint density at radius 2 is 1.94 bits per heavy atom. The fourth-order valence-corrected chi connectivity index (χ4v) is 5.16. The van der Waals surface area contributed by atoms with Crippen molar-refractivity contribution in [2.45, 2.75) is 38.2 Å². The molecule has 1 N–H and O–H groups in total. The molecule has 3 aromatic heterocycles. The summed E-state index contributed by atoms with van der Waals surface area (Å²) in [7, 11) is 0. The monoisotopic (exact) mass is 435 g/mol. The van der Waals surface area contributed by atoms with Crippen LogP contribution in [0.5, 0.6) is 11.5 Å². The smallest absolute Gasteiger partial charge is 0.142 e. The molecule has 0 aliphatic heterocycles. The van der Waals surface area contributed by atoms with Crippen molar-refractivity contribution in [3.05, 3.63) is 65.8 Å². The van der Waals surface area contributed by atoms with Crippen molar-refractivity contribution in [2.75, 3.05) is 0 Å². The minimum Gasteiger partial charge on any atom is -0.457 e. The van der Waals surface area contributed by atoms with Crippen LogP contribution in [0, 0.1) is 11.7 Å². The number of hydrogen-bond acceptors (Lipinski definition) is 6. The number of nitrogens with zero attached hydrogens (tertiary/aromatic N) is 3. The number of aliphatic hydroxyl groups is 1. The lowest BCUT2D eigenvalue weighted by atomic mass is 9.84. The summed E-state index contributed by atoms with van der Waals surface area (Å²) in [6.45, 7) is 0. The quantitative estimate of drug-likeness (QED) is 0.430. The van der Waals surface area contributed by atoms with E-state index < -0.39 is 5.82 Å². The van der Waals surface area contributed by atoms with Crippen molar-refractivity contribution in [1.82, 2.24) is 15.0 Å². The van der Waals surface area contributed by atoms with Gasteiger partial charge in [-0.1, -0.05) is 12.8 Å². The zero-order valence-electron chi connectivity index (χ0n) is 16.9. The van der Waals surface area contributed by atoms with Gasteiger partial charge < -0.3 is 9.84 Å². The number of benzene rings is 1. The highest BCUT2D eigenvalue weighted by Gasteiger charge is 2.24. The molecule has 1 aromatic carbocycles. The van der Waals surface area contributed by atoms with Crippen LogP contribution in [0.4, 0.5) is 4.39 Å². The number of hydrogen-bond donors (Lipinski definition) is 1. The number of ether oxygens (including phenoxy) is 1. The first kappa shape index (κ1) is 20.0. The first-order valence-corrected chi connectivity index (χ1v) is 11.3. The Balaban J connectivity index is 1.34. The number of halogens is 1. The van der Waals surface area contributed by atoms with Crippen molar-refractivity contribution in [3.63, 3.8) is 0 Å². The Labute approximate surface area is 183 Å². The highest BCUT2D eigenvalue weighted by atomic mass is 32.1. The number of aliphatic hydroxyl groups excluding tert-OH is 1. The van der Waals surface area contributed by atoms with E-state index in [0.717, 1.165) is 47.1 Å².